The van der Waals surface area contributed by atoms with Crippen molar-refractivity contribution in [3.63, 3.8) is 0 Å². The summed E-state index contributed by atoms with van der Waals surface area (Å²) >= 11 is 9.00. The first-order chi connectivity index (χ1) is 14.6. The van der Waals surface area contributed by atoms with Crippen LogP contribution in [0, 0.1) is 0 Å². The number of fused-ring (bicyclic) bond motifs is 1. The van der Waals surface area contributed by atoms with E-state index >= 15 is 0 Å². The molecule has 30 heavy (non-hydrogen) atoms. The molecule has 0 aliphatic carbocycles. The number of anilines is 1. The topological polar surface area (TPSA) is 94.3 Å². The summed E-state index contributed by atoms with van der Waals surface area (Å²) in [6.45, 7) is 0. The number of para-hydroxylation sites is 1. The lowest BCUT2D eigenvalue weighted by molar-refractivity contribution is -0.113. The first kappa shape index (κ1) is 20.4. The highest BCUT2D eigenvalue weighted by Gasteiger charge is 2.19. The lowest BCUT2D eigenvalue weighted by Crippen LogP contribution is -2.17. The number of nitrogens with one attached hydrogen (secondary N) is 1. The van der Waals surface area contributed by atoms with Gasteiger partial charge in [-0.15, -0.1) is 21.5 Å². The van der Waals surface area contributed by atoms with Crippen LogP contribution in [0.4, 0.5) is 5.69 Å². The van der Waals surface area contributed by atoms with E-state index in [1.807, 2.05) is 24.3 Å². The first-order valence-corrected chi connectivity index (χ1v) is 10.9. The van der Waals surface area contributed by atoms with E-state index in [0.717, 1.165) is 21.8 Å². The van der Waals surface area contributed by atoms with Crippen LogP contribution in [0.1, 0.15) is 10.4 Å². The summed E-state index contributed by atoms with van der Waals surface area (Å²) in [5.41, 5.74) is 0.649. The molecule has 0 saturated heterocycles. The highest BCUT2D eigenvalue weighted by atomic mass is 35.5. The number of hydrogen-bond acceptors (Lipinski definition) is 8. The SMILES string of the molecule is COC(=O)c1ccccc1NC(=O)CSc1nnc(-c2sc3ccccc3c2Cl)o1. The fraction of sp³-hybridized carbons (Fsp3) is 0.100. The van der Waals surface area contributed by atoms with Crippen molar-refractivity contribution in [2.75, 3.05) is 18.2 Å². The number of halogens is 1. The maximum Gasteiger partial charge on any atom is 0.339 e. The third kappa shape index (κ3) is 4.18. The van der Waals surface area contributed by atoms with E-state index in [4.69, 9.17) is 20.8 Å². The highest BCUT2D eigenvalue weighted by molar-refractivity contribution is 7.99. The number of thioether (sulfide) groups is 1. The van der Waals surface area contributed by atoms with E-state index in [-0.39, 0.29) is 22.4 Å². The van der Waals surface area contributed by atoms with Crippen molar-refractivity contribution in [1.29, 1.82) is 0 Å². The minimum absolute atomic E-state index is 0.0251. The highest BCUT2D eigenvalue weighted by Crippen LogP contribution is 2.41. The van der Waals surface area contributed by atoms with Crippen molar-refractivity contribution >= 4 is 62.3 Å². The molecule has 2 aromatic heterocycles. The van der Waals surface area contributed by atoms with Gasteiger partial charge in [0.2, 0.25) is 5.91 Å². The number of amides is 1. The van der Waals surface area contributed by atoms with Gasteiger partial charge in [0.25, 0.3) is 11.1 Å². The van der Waals surface area contributed by atoms with Crippen molar-refractivity contribution in [3.05, 3.63) is 59.1 Å². The minimum atomic E-state index is -0.527. The second-order valence-electron chi connectivity index (χ2n) is 5.99. The number of nitrogens with zero attached hydrogens (tertiary/aromatic N) is 2. The quantitative estimate of drug-likeness (QED) is 0.315. The standard InChI is InChI=1S/C20H14ClN3O4S2/c1-27-19(26)11-6-2-4-8-13(11)22-15(25)10-29-20-24-23-18(28-20)17-16(21)12-7-3-5-9-14(12)30-17/h2-9H,10H2,1H3,(H,22,25). The van der Waals surface area contributed by atoms with Gasteiger partial charge in [-0.2, -0.15) is 0 Å². The molecule has 1 N–H and O–H groups in total. The van der Waals surface area contributed by atoms with Gasteiger partial charge in [0.05, 0.1) is 29.1 Å². The van der Waals surface area contributed by atoms with Crippen molar-refractivity contribution in [1.82, 2.24) is 10.2 Å². The third-order valence-electron chi connectivity index (χ3n) is 4.07. The molecule has 0 radical (unpaired) electrons. The predicted molar refractivity (Wildman–Crippen MR) is 117 cm³/mol. The van der Waals surface area contributed by atoms with Crippen LogP contribution in [0.3, 0.4) is 0 Å². The fourth-order valence-electron chi connectivity index (χ4n) is 2.71. The molecule has 0 aliphatic rings. The molecular weight excluding hydrogens is 446 g/mol. The summed E-state index contributed by atoms with van der Waals surface area (Å²) < 4.78 is 11.4. The molecule has 2 aromatic carbocycles. The second kappa shape index (κ2) is 8.86. The predicted octanol–water partition coefficient (Wildman–Crippen LogP) is 5.12. The molecule has 4 rings (SSSR count). The normalized spacial score (nSPS) is 10.9. The molecule has 0 fully saturated rings. The number of carbonyl (C=O) groups excluding carboxylic acids is 2. The smallest absolute Gasteiger partial charge is 0.339 e. The number of esters is 1. The molecule has 152 valence electrons. The molecule has 0 unspecified atom stereocenters. The van der Waals surface area contributed by atoms with Crippen LogP contribution in [0.5, 0.6) is 0 Å². The zero-order chi connectivity index (χ0) is 21.1. The molecule has 0 spiro atoms. The number of benzene rings is 2. The number of thiophene rings is 1. The molecule has 0 bridgehead atoms. The van der Waals surface area contributed by atoms with E-state index in [2.05, 4.69) is 15.5 Å². The summed E-state index contributed by atoms with van der Waals surface area (Å²) in [7, 11) is 1.28. The van der Waals surface area contributed by atoms with Crippen LogP contribution in [-0.2, 0) is 9.53 Å². The number of carbonyl (C=O) groups is 2. The average molecular weight is 460 g/mol. The Morgan fingerprint density at radius 3 is 2.73 bits per heavy atom. The fourth-order valence-corrected chi connectivity index (χ4v) is 4.70. The molecule has 10 heteroatoms. The Labute approximate surface area is 184 Å². The van der Waals surface area contributed by atoms with Crippen molar-refractivity contribution < 1.29 is 18.7 Å². The van der Waals surface area contributed by atoms with Gasteiger partial charge in [-0.3, -0.25) is 4.79 Å². The Morgan fingerprint density at radius 2 is 1.93 bits per heavy atom. The maximum absolute atomic E-state index is 12.3. The number of aromatic nitrogens is 2. The second-order valence-corrected chi connectivity index (χ2v) is 8.35. The number of hydrogen-bond donors (Lipinski definition) is 1. The van der Waals surface area contributed by atoms with Crippen LogP contribution < -0.4 is 5.32 Å². The van der Waals surface area contributed by atoms with Crippen LogP contribution in [0.2, 0.25) is 5.02 Å². The Balaban J connectivity index is 1.43. The van der Waals surface area contributed by atoms with Crippen LogP contribution >= 0.6 is 34.7 Å². The van der Waals surface area contributed by atoms with Crippen LogP contribution in [-0.4, -0.2) is 34.9 Å². The van der Waals surface area contributed by atoms with Crippen molar-refractivity contribution in [3.8, 4) is 10.8 Å². The Kier molecular flexibility index (Phi) is 6.03. The minimum Gasteiger partial charge on any atom is -0.465 e. The molecule has 0 saturated carbocycles. The van der Waals surface area contributed by atoms with Gasteiger partial charge >= 0.3 is 5.97 Å². The van der Waals surface area contributed by atoms with Gasteiger partial charge in [0.15, 0.2) is 0 Å². The Hall–Kier alpha value is -2.88. The van der Waals surface area contributed by atoms with E-state index in [1.54, 1.807) is 24.3 Å². The van der Waals surface area contributed by atoms with Gasteiger partial charge < -0.3 is 14.5 Å². The van der Waals surface area contributed by atoms with Crippen LogP contribution in [0.25, 0.3) is 20.9 Å². The van der Waals surface area contributed by atoms with Crippen molar-refractivity contribution in [2.45, 2.75) is 5.22 Å². The molecular formula is C20H14ClN3O4S2. The van der Waals surface area contributed by atoms with Gasteiger partial charge in [0, 0.05) is 10.1 Å². The molecule has 0 aliphatic heterocycles. The number of ether oxygens (including phenoxy) is 1. The van der Waals surface area contributed by atoms with E-state index in [1.165, 1.54) is 18.4 Å². The van der Waals surface area contributed by atoms with Crippen LogP contribution in [0.15, 0.2) is 58.2 Å². The van der Waals surface area contributed by atoms with Gasteiger partial charge in [-0.1, -0.05) is 53.7 Å². The summed E-state index contributed by atoms with van der Waals surface area (Å²) in [4.78, 5) is 24.8. The van der Waals surface area contributed by atoms with E-state index in [0.29, 0.717) is 21.5 Å². The molecule has 0 atom stereocenters. The lowest BCUT2D eigenvalue weighted by atomic mass is 10.2. The zero-order valence-electron chi connectivity index (χ0n) is 15.5. The first-order valence-electron chi connectivity index (χ1n) is 8.67. The summed E-state index contributed by atoms with van der Waals surface area (Å²) in [6.07, 6.45) is 0. The maximum atomic E-state index is 12.3. The average Bonchev–Trinajstić information content (AvgIpc) is 3.37. The molecule has 1 amide bonds. The number of methoxy groups -OCH3 is 1. The number of rotatable bonds is 6. The van der Waals surface area contributed by atoms with Gasteiger partial charge in [-0.05, 0) is 18.2 Å². The van der Waals surface area contributed by atoms with E-state index in [9.17, 15) is 9.59 Å². The monoisotopic (exact) mass is 459 g/mol. The molecule has 7 nitrogen and oxygen atoms in total. The Bertz CT molecular complexity index is 1240. The zero-order valence-corrected chi connectivity index (χ0v) is 17.9. The molecule has 4 aromatic rings. The van der Waals surface area contributed by atoms with Gasteiger partial charge in [-0.25, -0.2) is 4.79 Å². The van der Waals surface area contributed by atoms with Crippen molar-refractivity contribution in [2.24, 2.45) is 0 Å². The Morgan fingerprint density at radius 1 is 1.17 bits per heavy atom. The largest absolute Gasteiger partial charge is 0.465 e. The lowest BCUT2D eigenvalue weighted by Gasteiger charge is -2.08. The summed E-state index contributed by atoms with van der Waals surface area (Å²) in [5.74, 6) is -0.520. The van der Waals surface area contributed by atoms with Gasteiger partial charge in [0.1, 0.15) is 4.88 Å². The molecule has 2 heterocycles. The summed E-state index contributed by atoms with van der Waals surface area (Å²) in [5, 5.41) is 12.5. The summed E-state index contributed by atoms with van der Waals surface area (Å²) in [6, 6.07) is 14.4. The third-order valence-corrected chi connectivity index (χ3v) is 6.55. The van der Waals surface area contributed by atoms with E-state index < -0.39 is 5.97 Å².